The first-order valence-corrected chi connectivity index (χ1v) is 6.90. The third kappa shape index (κ3) is 2.38. The smallest absolute Gasteiger partial charge is 0.263 e. The van der Waals surface area contributed by atoms with Gasteiger partial charge in [-0.3, -0.25) is 4.79 Å². The van der Waals surface area contributed by atoms with E-state index in [0.29, 0.717) is 11.8 Å². The average Bonchev–Trinajstić information content (AvgIpc) is 2.86. The largest absolute Gasteiger partial charge is 0.348 e. The number of nitrogens with one attached hydrogen (secondary N) is 1. The number of hydrogen-bond acceptors (Lipinski definition) is 3. The zero-order valence-electron chi connectivity index (χ0n) is 9.20. The highest BCUT2D eigenvalue weighted by molar-refractivity contribution is 7.11. The van der Waals surface area contributed by atoms with E-state index in [-0.39, 0.29) is 11.9 Å². The Morgan fingerprint density at radius 3 is 3.12 bits per heavy atom. The molecule has 0 saturated heterocycles. The lowest BCUT2D eigenvalue weighted by atomic mass is 10.1. The van der Waals surface area contributed by atoms with Gasteiger partial charge in [-0.2, -0.15) is 0 Å². The maximum Gasteiger partial charge on any atom is 0.263 e. The van der Waals surface area contributed by atoms with Crippen LogP contribution in [0.5, 0.6) is 0 Å². The van der Waals surface area contributed by atoms with Crippen LogP contribution in [0.15, 0.2) is 5.51 Å². The van der Waals surface area contributed by atoms with Gasteiger partial charge in [-0.15, -0.1) is 22.9 Å². The van der Waals surface area contributed by atoms with Gasteiger partial charge in [0.2, 0.25) is 0 Å². The normalized spacial score (nSPS) is 24.6. The van der Waals surface area contributed by atoms with Gasteiger partial charge in [0, 0.05) is 11.9 Å². The monoisotopic (exact) mass is 258 g/mol. The molecular weight excluding hydrogens is 244 g/mol. The zero-order chi connectivity index (χ0) is 11.5. The van der Waals surface area contributed by atoms with E-state index in [0.717, 1.165) is 29.8 Å². The summed E-state index contributed by atoms with van der Waals surface area (Å²) in [6.07, 6.45) is 3.32. The molecule has 0 aliphatic heterocycles. The molecule has 1 amide bonds. The second-order valence-corrected chi connectivity index (χ2v) is 5.36. The molecule has 1 fully saturated rings. The summed E-state index contributed by atoms with van der Waals surface area (Å²) in [4.78, 5) is 16.8. The van der Waals surface area contributed by atoms with Crippen LogP contribution in [0.2, 0.25) is 0 Å². The van der Waals surface area contributed by atoms with Gasteiger partial charge in [0.05, 0.1) is 11.2 Å². The minimum absolute atomic E-state index is 0.00187. The van der Waals surface area contributed by atoms with Crippen molar-refractivity contribution in [1.82, 2.24) is 10.3 Å². The summed E-state index contributed by atoms with van der Waals surface area (Å²) < 4.78 is 0. The Balaban J connectivity index is 2.00. The molecule has 0 spiro atoms. The van der Waals surface area contributed by atoms with Gasteiger partial charge in [-0.1, -0.05) is 6.42 Å². The van der Waals surface area contributed by atoms with E-state index in [4.69, 9.17) is 11.6 Å². The van der Waals surface area contributed by atoms with Crippen molar-refractivity contribution in [3.05, 3.63) is 16.1 Å². The highest BCUT2D eigenvalue weighted by Crippen LogP contribution is 2.27. The van der Waals surface area contributed by atoms with E-state index in [9.17, 15) is 4.79 Å². The fourth-order valence-electron chi connectivity index (χ4n) is 2.17. The number of carbonyl (C=O) groups excluding carboxylic acids is 1. The van der Waals surface area contributed by atoms with Crippen LogP contribution < -0.4 is 5.32 Å². The van der Waals surface area contributed by atoms with Crippen molar-refractivity contribution in [2.45, 2.75) is 32.2 Å². The molecule has 0 bridgehead atoms. The van der Waals surface area contributed by atoms with Gasteiger partial charge in [-0.05, 0) is 25.7 Å². The van der Waals surface area contributed by atoms with Crippen molar-refractivity contribution < 1.29 is 4.79 Å². The number of amides is 1. The van der Waals surface area contributed by atoms with E-state index in [2.05, 4.69) is 10.3 Å². The standard InChI is InChI=1S/C11H15ClN2OS/c1-7-10(16-6-13-7)11(15)14-9-4-2-3-8(9)5-12/h6,8-9H,2-5H2,1H3,(H,14,15). The number of aromatic nitrogens is 1. The Hall–Kier alpha value is -0.610. The molecule has 1 aromatic heterocycles. The molecule has 0 radical (unpaired) electrons. The van der Waals surface area contributed by atoms with Crippen molar-refractivity contribution >= 4 is 28.8 Å². The van der Waals surface area contributed by atoms with Gasteiger partial charge in [0.15, 0.2) is 0 Å². The Kier molecular flexibility index (Phi) is 3.82. The molecule has 88 valence electrons. The third-order valence-corrected chi connectivity index (χ3v) is 4.45. The average molecular weight is 259 g/mol. The predicted molar refractivity (Wildman–Crippen MR) is 66.2 cm³/mol. The van der Waals surface area contributed by atoms with Crippen LogP contribution in [0, 0.1) is 12.8 Å². The van der Waals surface area contributed by atoms with E-state index in [1.807, 2.05) is 6.92 Å². The molecule has 1 heterocycles. The number of carbonyl (C=O) groups is 1. The van der Waals surface area contributed by atoms with Crippen molar-refractivity contribution in [1.29, 1.82) is 0 Å². The highest BCUT2D eigenvalue weighted by Gasteiger charge is 2.28. The molecule has 1 saturated carbocycles. The first-order chi connectivity index (χ1) is 7.72. The molecule has 2 atom stereocenters. The fourth-order valence-corrected chi connectivity index (χ4v) is 3.24. The van der Waals surface area contributed by atoms with Crippen molar-refractivity contribution in [3.8, 4) is 0 Å². The lowest BCUT2D eigenvalue weighted by Gasteiger charge is -2.18. The summed E-state index contributed by atoms with van der Waals surface area (Å²) >= 11 is 7.27. The van der Waals surface area contributed by atoms with Crippen LogP contribution in [-0.2, 0) is 0 Å². The van der Waals surface area contributed by atoms with Crippen LogP contribution in [0.1, 0.15) is 34.6 Å². The second kappa shape index (κ2) is 5.15. The van der Waals surface area contributed by atoms with Crippen molar-refractivity contribution in [2.75, 3.05) is 5.88 Å². The molecule has 2 unspecified atom stereocenters. The Bertz CT molecular complexity index is 380. The summed E-state index contributed by atoms with van der Waals surface area (Å²) in [5, 5.41) is 3.07. The van der Waals surface area contributed by atoms with Crippen molar-refractivity contribution in [2.24, 2.45) is 5.92 Å². The van der Waals surface area contributed by atoms with Gasteiger partial charge in [-0.25, -0.2) is 4.98 Å². The molecule has 1 aliphatic rings. The number of rotatable bonds is 3. The minimum Gasteiger partial charge on any atom is -0.348 e. The quantitative estimate of drug-likeness (QED) is 0.847. The molecule has 3 nitrogen and oxygen atoms in total. The Morgan fingerprint density at radius 1 is 1.69 bits per heavy atom. The van der Waals surface area contributed by atoms with E-state index < -0.39 is 0 Å². The molecular formula is C11H15ClN2OS. The molecule has 1 N–H and O–H groups in total. The van der Waals surface area contributed by atoms with Crippen LogP contribution in [0.4, 0.5) is 0 Å². The summed E-state index contributed by atoms with van der Waals surface area (Å²) in [5.74, 6) is 1.06. The van der Waals surface area contributed by atoms with Crippen LogP contribution >= 0.6 is 22.9 Å². The maximum absolute atomic E-state index is 12.0. The highest BCUT2D eigenvalue weighted by atomic mass is 35.5. The van der Waals surface area contributed by atoms with Gasteiger partial charge in [0.25, 0.3) is 5.91 Å². The number of aryl methyl sites for hydroxylation is 1. The van der Waals surface area contributed by atoms with E-state index >= 15 is 0 Å². The van der Waals surface area contributed by atoms with Crippen LogP contribution in [0.3, 0.4) is 0 Å². The van der Waals surface area contributed by atoms with Crippen LogP contribution in [0.25, 0.3) is 0 Å². The zero-order valence-corrected chi connectivity index (χ0v) is 10.8. The molecule has 2 rings (SSSR count). The molecule has 1 aromatic rings. The first-order valence-electron chi connectivity index (χ1n) is 5.49. The van der Waals surface area contributed by atoms with E-state index in [1.54, 1.807) is 5.51 Å². The van der Waals surface area contributed by atoms with Gasteiger partial charge >= 0.3 is 0 Å². The van der Waals surface area contributed by atoms with Crippen LogP contribution in [-0.4, -0.2) is 22.8 Å². The number of alkyl halides is 1. The number of thiazole rings is 1. The topological polar surface area (TPSA) is 42.0 Å². The Labute approximate surface area is 104 Å². The maximum atomic E-state index is 12.0. The SMILES string of the molecule is Cc1ncsc1C(=O)NC1CCCC1CCl. The predicted octanol–water partition coefficient (Wildman–Crippen LogP) is 2.59. The molecule has 0 aromatic carbocycles. The fraction of sp³-hybridized carbons (Fsp3) is 0.636. The summed E-state index contributed by atoms with van der Waals surface area (Å²) in [7, 11) is 0. The number of halogens is 1. The van der Waals surface area contributed by atoms with Gasteiger partial charge in [0.1, 0.15) is 4.88 Å². The molecule has 1 aliphatic carbocycles. The van der Waals surface area contributed by atoms with E-state index in [1.165, 1.54) is 11.3 Å². The summed E-state index contributed by atoms with van der Waals surface area (Å²) in [5.41, 5.74) is 2.51. The Morgan fingerprint density at radius 2 is 2.50 bits per heavy atom. The number of nitrogens with zero attached hydrogens (tertiary/aromatic N) is 1. The number of hydrogen-bond donors (Lipinski definition) is 1. The third-order valence-electron chi connectivity index (χ3n) is 3.13. The molecule has 5 heteroatoms. The lowest BCUT2D eigenvalue weighted by molar-refractivity contribution is 0.0933. The summed E-state index contributed by atoms with van der Waals surface area (Å²) in [6.45, 7) is 1.86. The van der Waals surface area contributed by atoms with Crippen molar-refractivity contribution in [3.63, 3.8) is 0 Å². The van der Waals surface area contributed by atoms with Gasteiger partial charge < -0.3 is 5.32 Å². The summed E-state index contributed by atoms with van der Waals surface area (Å²) in [6, 6.07) is 0.242. The minimum atomic E-state index is 0.00187. The lowest BCUT2D eigenvalue weighted by Crippen LogP contribution is -2.37. The molecule has 16 heavy (non-hydrogen) atoms. The second-order valence-electron chi connectivity index (χ2n) is 4.19. The first kappa shape index (κ1) is 11.9.